The fourth-order valence-corrected chi connectivity index (χ4v) is 1.11. The summed E-state index contributed by atoms with van der Waals surface area (Å²) in [6.45, 7) is 0.629. The van der Waals surface area contributed by atoms with E-state index in [1.54, 1.807) is 0 Å². The van der Waals surface area contributed by atoms with Crippen molar-refractivity contribution in [1.82, 2.24) is 0 Å². The Hall–Kier alpha value is -0.570. The Balaban J connectivity index is 2.38. The molecule has 0 bridgehead atoms. The lowest BCUT2D eigenvalue weighted by atomic mass is 10.0. The summed E-state index contributed by atoms with van der Waals surface area (Å²) in [6.07, 6.45) is 2.18. The van der Waals surface area contributed by atoms with Gasteiger partial charge in [0.1, 0.15) is 0 Å². The van der Waals surface area contributed by atoms with E-state index in [0.29, 0.717) is 13.0 Å². The molecule has 0 aromatic rings. The van der Waals surface area contributed by atoms with Gasteiger partial charge in [-0.05, 0) is 18.8 Å². The zero-order valence-electron chi connectivity index (χ0n) is 5.88. The van der Waals surface area contributed by atoms with Gasteiger partial charge in [-0.3, -0.25) is 4.79 Å². The quantitative estimate of drug-likeness (QED) is 0.539. The summed E-state index contributed by atoms with van der Waals surface area (Å²) in [4.78, 5) is 10.7. The number of esters is 1. The molecule has 3 nitrogen and oxygen atoms in total. The topological polar surface area (TPSA) is 46.5 Å². The van der Waals surface area contributed by atoms with Crippen LogP contribution in [0.3, 0.4) is 0 Å². The Morgan fingerprint density at radius 1 is 1.70 bits per heavy atom. The van der Waals surface area contributed by atoms with Crippen LogP contribution in [0.2, 0.25) is 0 Å². The van der Waals surface area contributed by atoms with Crippen LogP contribution in [0.1, 0.15) is 19.3 Å². The first-order valence-electron chi connectivity index (χ1n) is 3.59. The lowest BCUT2D eigenvalue weighted by Crippen LogP contribution is -2.10. The van der Waals surface area contributed by atoms with Crippen LogP contribution in [0.4, 0.5) is 0 Å². The van der Waals surface area contributed by atoms with Gasteiger partial charge >= 0.3 is 5.97 Å². The van der Waals surface area contributed by atoms with Gasteiger partial charge in [-0.1, -0.05) is 0 Å². The molecule has 1 rings (SSSR count). The van der Waals surface area contributed by atoms with Crippen LogP contribution < -0.4 is 0 Å². The molecule has 0 radical (unpaired) electrons. The standard InChI is InChI=1S/C7H12O3/c8-5-6-2-1-3-10-7(9)4-6/h6,8H,1-5H2. The summed E-state index contributed by atoms with van der Waals surface area (Å²) in [7, 11) is 0. The minimum atomic E-state index is -0.170. The fourth-order valence-electron chi connectivity index (χ4n) is 1.11. The Bertz CT molecular complexity index is 122. The second-order valence-electron chi connectivity index (χ2n) is 2.62. The number of hydrogen-bond acceptors (Lipinski definition) is 3. The second kappa shape index (κ2) is 3.56. The molecule has 1 saturated heterocycles. The van der Waals surface area contributed by atoms with Crippen molar-refractivity contribution >= 4 is 5.97 Å². The summed E-state index contributed by atoms with van der Waals surface area (Å²) >= 11 is 0. The van der Waals surface area contributed by atoms with Gasteiger partial charge in [0, 0.05) is 6.61 Å². The summed E-state index contributed by atoms with van der Waals surface area (Å²) in [6, 6.07) is 0. The van der Waals surface area contributed by atoms with Crippen molar-refractivity contribution in [3.8, 4) is 0 Å². The highest BCUT2D eigenvalue weighted by Crippen LogP contribution is 2.15. The van der Waals surface area contributed by atoms with E-state index in [1.165, 1.54) is 0 Å². The van der Waals surface area contributed by atoms with Crippen LogP contribution in [0.25, 0.3) is 0 Å². The Labute approximate surface area is 60.0 Å². The van der Waals surface area contributed by atoms with Crippen molar-refractivity contribution in [2.75, 3.05) is 13.2 Å². The summed E-state index contributed by atoms with van der Waals surface area (Å²) in [5, 5.41) is 8.73. The van der Waals surface area contributed by atoms with Gasteiger partial charge < -0.3 is 9.84 Å². The van der Waals surface area contributed by atoms with Crippen molar-refractivity contribution in [2.45, 2.75) is 19.3 Å². The number of carbonyl (C=O) groups excluding carboxylic acids is 1. The summed E-state index contributed by atoms with van der Waals surface area (Å²) in [5.74, 6) is -0.0356. The highest BCUT2D eigenvalue weighted by Gasteiger charge is 2.17. The highest BCUT2D eigenvalue weighted by molar-refractivity contribution is 5.69. The summed E-state index contributed by atoms with van der Waals surface area (Å²) in [5.41, 5.74) is 0. The molecule has 0 aromatic carbocycles. The SMILES string of the molecule is O=C1CC(CO)CCCO1. The molecule has 0 saturated carbocycles. The van der Waals surface area contributed by atoms with Gasteiger partial charge in [-0.2, -0.15) is 0 Å². The molecule has 0 aromatic heterocycles. The fraction of sp³-hybridized carbons (Fsp3) is 0.857. The molecule has 1 aliphatic heterocycles. The smallest absolute Gasteiger partial charge is 0.306 e. The normalized spacial score (nSPS) is 27.3. The number of cyclic esters (lactones) is 1. The maximum atomic E-state index is 10.7. The predicted octanol–water partition coefficient (Wildman–Crippen LogP) is 0.322. The van der Waals surface area contributed by atoms with Crippen LogP contribution in [0.5, 0.6) is 0 Å². The number of aliphatic hydroxyl groups excluding tert-OH is 1. The second-order valence-corrected chi connectivity index (χ2v) is 2.62. The number of carbonyl (C=O) groups is 1. The molecule has 1 atom stereocenters. The maximum Gasteiger partial charge on any atom is 0.306 e. The van der Waals surface area contributed by atoms with E-state index in [9.17, 15) is 4.79 Å². The van der Waals surface area contributed by atoms with E-state index in [1.807, 2.05) is 0 Å². The molecule has 0 aliphatic carbocycles. The van der Waals surface area contributed by atoms with Gasteiger partial charge in [-0.15, -0.1) is 0 Å². The number of aliphatic hydroxyl groups is 1. The maximum absolute atomic E-state index is 10.7. The zero-order valence-corrected chi connectivity index (χ0v) is 5.88. The first kappa shape index (κ1) is 7.54. The molecule has 3 heteroatoms. The van der Waals surface area contributed by atoms with Gasteiger partial charge in [0.05, 0.1) is 13.0 Å². The van der Waals surface area contributed by atoms with Crippen molar-refractivity contribution in [3.63, 3.8) is 0 Å². The van der Waals surface area contributed by atoms with Crippen LogP contribution >= 0.6 is 0 Å². The van der Waals surface area contributed by atoms with Gasteiger partial charge in [0.2, 0.25) is 0 Å². The van der Waals surface area contributed by atoms with Crippen molar-refractivity contribution in [3.05, 3.63) is 0 Å². The largest absolute Gasteiger partial charge is 0.466 e. The number of rotatable bonds is 1. The number of ether oxygens (including phenoxy) is 1. The Kier molecular flexibility index (Phi) is 2.68. The molecule has 1 aliphatic rings. The third-order valence-electron chi connectivity index (χ3n) is 1.73. The first-order chi connectivity index (χ1) is 4.83. The van der Waals surface area contributed by atoms with Crippen LogP contribution in [-0.4, -0.2) is 24.3 Å². The third kappa shape index (κ3) is 1.99. The molecule has 1 unspecified atom stereocenters. The average Bonchev–Trinajstić information content (AvgIpc) is 2.13. The highest BCUT2D eigenvalue weighted by atomic mass is 16.5. The molecule has 10 heavy (non-hydrogen) atoms. The van der Waals surface area contributed by atoms with Gasteiger partial charge in [0.15, 0.2) is 0 Å². The molecular formula is C7H12O3. The van der Waals surface area contributed by atoms with Crippen LogP contribution in [0, 0.1) is 5.92 Å². The zero-order chi connectivity index (χ0) is 7.40. The van der Waals surface area contributed by atoms with Crippen molar-refractivity contribution in [2.24, 2.45) is 5.92 Å². The monoisotopic (exact) mass is 144 g/mol. The molecule has 1 heterocycles. The lowest BCUT2D eigenvalue weighted by molar-refractivity contribution is -0.143. The molecule has 58 valence electrons. The average molecular weight is 144 g/mol. The van der Waals surface area contributed by atoms with Gasteiger partial charge in [0.25, 0.3) is 0 Å². The molecule has 0 spiro atoms. The Morgan fingerprint density at radius 2 is 2.50 bits per heavy atom. The summed E-state index contributed by atoms with van der Waals surface area (Å²) < 4.78 is 4.78. The van der Waals surface area contributed by atoms with E-state index in [2.05, 4.69) is 0 Å². The van der Waals surface area contributed by atoms with Crippen LogP contribution in [0.15, 0.2) is 0 Å². The van der Waals surface area contributed by atoms with Crippen LogP contribution in [-0.2, 0) is 9.53 Å². The minimum Gasteiger partial charge on any atom is -0.466 e. The van der Waals surface area contributed by atoms with E-state index >= 15 is 0 Å². The molecular weight excluding hydrogens is 132 g/mol. The van der Waals surface area contributed by atoms with Crippen molar-refractivity contribution < 1.29 is 14.6 Å². The van der Waals surface area contributed by atoms with E-state index in [0.717, 1.165) is 12.8 Å². The minimum absolute atomic E-state index is 0.106. The van der Waals surface area contributed by atoms with E-state index < -0.39 is 0 Å². The number of hydrogen-bond donors (Lipinski definition) is 1. The lowest BCUT2D eigenvalue weighted by Gasteiger charge is -2.05. The van der Waals surface area contributed by atoms with Gasteiger partial charge in [-0.25, -0.2) is 0 Å². The predicted molar refractivity (Wildman–Crippen MR) is 35.4 cm³/mol. The van der Waals surface area contributed by atoms with Crippen molar-refractivity contribution in [1.29, 1.82) is 0 Å². The Morgan fingerprint density at radius 3 is 3.20 bits per heavy atom. The van der Waals surface area contributed by atoms with E-state index in [-0.39, 0.29) is 18.5 Å². The third-order valence-corrected chi connectivity index (χ3v) is 1.73. The van der Waals surface area contributed by atoms with E-state index in [4.69, 9.17) is 9.84 Å². The molecule has 1 fully saturated rings. The molecule has 1 N–H and O–H groups in total. The first-order valence-corrected chi connectivity index (χ1v) is 3.59. The molecule has 0 amide bonds.